The van der Waals surface area contributed by atoms with Crippen LogP contribution in [-0.4, -0.2) is 12.7 Å². The Bertz CT molecular complexity index is 174. The molecule has 0 spiro atoms. The molecule has 1 saturated heterocycles. The minimum Gasteiger partial charge on any atom is -0.373 e. The average Bonchev–Trinajstić information content (AvgIpc) is 2.67. The standard InChI is InChI=1S/C10H16O/c1-6-2-7-3-8(6)9(4-7)10-5-11-10/h6-10H,2-5H2,1H3. The molecule has 0 N–H and O–H groups in total. The second-order valence-electron chi connectivity index (χ2n) is 4.75. The molecule has 2 saturated carbocycles. The van der Waals surface area contributed by atoms with Crippen LogP contribution in [0.3, 0.4) is 0 Å². The van der Waals surface area contributed by atoms with E-state index in [0.29, 0.717) is 6.10 Å². The van der Waals surface area contributed by atoms with Gasteiger partial charge in [-0.15, -0.1) is 0 Å². The minimum atomic E-state index is 0.688. The zero-order chi connectivity index (χ0) is 7.42. The second-order valence-corrected chi connectivity index (χ2v) is 4.75. The Morgan fingerprint density at radius 2 is 1.82 bits per heavy atom. The van der Waals surface area contributed by atoms with Crippen LogP contribution in [0.15, 0.2) is 0 Å². The zero-order valence-electron chi connectivity index (χ0n) is 7.12. The molecule has 3 rings (SSSR count). The van der Waals surface area contributed by atoms with Crippen molar-refractivity contribution in [1.82, 2.24) is 0 Å². The van der Waals surface area contributed by atoms with Crippen molar-refractivity contribution in [3.8, 4) is 0 Å². The highest BCUT2D eigenvalue weighted by Crippen LogP contribution is 2.54. The molecule has 1 heterocycles. The maximum atomic E-state index is 5.39. The predicted octanol–water partition coefficient (Wildman–Crippen LogP) is 2.07. The Morgan fingerprint density at radius 1 is 1.09 bits per heavy atom. The largest absolute Gasteiger partial charge is 0.373 e. The van der Waals surface area contributed by atoms with E-state index >= 15 is 0 Å². The van der Waals surface area contributed by atoms with Gasteiger partial charge in [0.15, 0.2) is 0 Å². The first-order valence-corrected chi connectivity index (χ1v) is 4.96. The summed E-state index contributed by atoms with van der Waals surface area (Å²) in [6.07, 6.45) is 5.20. The fraction of sp³-hybridized carbons (Fsp3) is 1.00. The van der Waals surface area contributed by atoms with Crippen LogP contribution >= 0.6 is 0 Å². The number of hydrogen-bond donors (Lipinski definition) is 0. The van der Waals surface area contributed by atoms with Gasteiger partial charge in [0.1, 0.15) is 0 Å². The van der Waals surface area contributed by atoms with E-state index in [1.807, 2.05) is 0 Å². The molecule has 62 valence electrons. The van der Waals surface area contributed by atoms with Gasteiger partial charge in [-0.1, -0.05) is 6.92 Å². The van der Waals surface area contributed by atoms with E-state index in [2.05, 4.69) is 6.92 Å². The third kappa shape index (κ3) is 0.868. The Kier molecular flexibility index (Phi) is 1.18. The number of hydrogen-bond acceptors (Lipinski definition) is 1. The van der Waals surface area contributed by atoms with E-state index in [1.54, 1.807) is 0 Å². The van der Waals surface area contributed by atoms with Crippen LogP contribution in [0.4, 0.5) is 0 Å². The summed E-state index contributed by atoms with van der Waals surface area (Å²) < 4.78 is 5.39. The lowest BCUT2D eigenvalue weighted by Crippen LogP contribution is -2.22. The van der Waals surface area contributed by atoms with Gasteiger partial charge in [0.25, 0.3) is 0 Å². The lowest BCUT2D eigenvalue weighted by molar-refractivity contribution is 0.202. The Morgan fingerprint density at radius 3 is 2.36 bits per heavy atom. The first-order valence-electron chi connectivity index (χ1n) is 4.96. The van der Waals surface area contributed by atoms with Crippen molar-refractivity contribution >= 4 is 0 Å². The van der Waals surface area contributed by atoms with E-state index in [0.717, 1.165) is 30.3 Å². The molecule has 0 aromatic heterocycles. The molecule has 2 aliphatic carbocycles. The van der Waals surface area contributed by atoms with Crippen molar-refractivity contribution in [1.29, 1.82) is 0 Å². The molecule has 5 atom stereocenters. The highest BCUT2D eigenvalue weighted by atomic mass is 16.6. The topological polar surface area (TPSA) is 12.5 Å². The Labute approximate surface area is 68.1 Å². The lowest BCUT2D eigenvalue weighted by atomic mass is 9.80. The molecule has 0 amide bonds. The fourth-order valence-corrected chi connectivity index (χ4v) is 3.49. The number of fused-ring (bicyclic) bond motifs is 2. The summed E-state index contributed by atoms with van der Waals surface area (Å²) in [6.45, 7) is 3.50. The molecule has 3 fully saturated rings. The van der Waals surface area contributed by atoms with Crippen molar-refractivity contribution in [2.45, 2.75) is 32.3 Å². The zero-order valence-corrected chi connectivity index (χ0v) is 7.12. The van der Waals surface area contributed by atoms with Gasteiger partial charge in [0.05, 0.1) is 12.7 Å². The fourth-order valence-electron chi connectivity index (χ4n) is 3.49. The van der Waals surface area contributed by atoms with Crippen LogP contribution in [0.5, 0.6) is 0 Å². The van der Waals surface area contributed by atoms with Gasteiger partial charge in [-0.3, -0.25) is 0 Å². The molecule has 11 heavy (non-hydrogen) atoms. The van der Waals surface area contributed by atoms with Gasteiger partial charge in [-0.05, 0) is 42.9 Å². The predicted molar refractivity (Wildman–Crippen MR) is 43.2 cm³/mol. The molecule has 0 aromatic carbocycles. The van der Waals surface area contributed by atoms with Gasteiger partial charge in [-0.25, -0.2) is 0 Å². The van der Waals surface area contributed by atoms with E-state index < -0.39 is 0 Å². The summed E-state index contributed by atoms with van der Waals surface area (Å²) >= 11 is 0. The molecule has 2 bridgehead atoms. The molecule has 3 aliphatic rings. The van der Waals surface area contributed by atoms with Gasteiger partial charge in [0, 0.05) is 0 Å². The summed E-state index contributed by atoms with van der Waals surface area (Å²) in [5.41, 5.74) is 0. The van der Waals surface area contributed by atoms with Gasteiger partial charge in [0.2, 0.25) is 0 Å². The van der Waals surface area contributed by atoms with E-state index in [4.69, 9.17) is 4.74 Å². The SMILES string of the molecule is CC1CC2CC1C(C1CO1)C2. The van der Waals surface area contributed by atoms with Crippen molar-refractivity contribution in [2.75, 3.05) is 6.61 Å². The quantitative estimate of drug-likeness (QED) is 0.524. The van der Waals surface area contributed by atoms with E-state index in [1.165, 1.54) is 19.3 Å². The first kappa shape index (κ1) is 6.47. The van der Waals surface area contributed by atoms with Crippen LogP contribution in [0.25, 0.3) is 0 Å². The third-order valence-corrected chi connectivity index (χ3v) is 4.03. The lowest BCUT2D eigenvalue weighted by Gasteiger charge is -2.25. The molecule has 0 aromatic rings. The van der Waals surface area contributed by atoms with Crippen LogP contribution in [-0.2, 0) is 4.74 Å². The van der Waals surface area contributed by atoms with Crippen LogP contribution < -0.4 is 0 Å². The normalized spacial score (nSPS) is 60.3. The van der Waals surface area contributed by atoms with Crippen LogP contribution in [0.1, 0.15) is 26.2 Å². The highest BCUT2D eigenvalue weighted by Gasteiger charge is 2.50. The summed E-state index contributed by atoms with van der Waals surface area (Å²) in [7, 11) is 0. The molecular formula is C10H16O. The van der Waals surface area contributed by atoms with Crippen LogP contribution in [0, 0.1) is 23.7 Å². The van der Waals surface area contributed by atoms with Crippen molar-refractivity contribution in [3.63, 3.8) is 0 Å². The smallest absolute Gasteiger partial charge is 0.0840 e. The molecule has 1 aliphatic heterocycles. The monoisotopic (exact) mass is 152 g/mol. The molecule has 0 radical (unpaired) electrons. The highest BCUT2D eigenvalue weighted by molar-refractivity contribution is 4.99. The molecular weight excluding hydrogens is 136 g/mol. The molecule has 5 unspecified atom stereocenters. The first-order chi connectivity index (χ1) is 5.34. The summed E-state index contributed by atoms with van der Waals surface area (Å²) in [5, 5.41) is 0. The van der Waals surface area contributed by atoms with E-state index in [9.17, 15) is 0 Å². The number of ether oxygens (including phenoxy) is 1. The van der Waals surface area contributed by atoms with Crippen molar-refractivity contribution < 1.29 is 4.74 Å². The molecule has 1 heteroatoms. The number of epoxide rings is 1. The van der Waals surface area contributed by atoms with E-state index in [-0.39, 0.29) is 0 Å². The van der Waals surface area contributed by atoms with Gasteiger partial charge < -0.3 is 4.74 Å². The second kappa shape index (κ2) is 2.01. The molecule has 1 nitrogen and oxygen atoms in total. The summed E-state index contributed by atoms with van der Waals surface area (Å²) in [4.78, 5) is 0. The summed E-state index contributed by atoms with van der Waals surface area (Å²) in [6, 6.07) is 0. The third-order valence-electron chi connectivity index (χ3n) is 4.03. The van der Waals surface area contributed by atoms with Crippen molar-refractivity contribution in [2.24, 2.45) is 23.7 Å². The number of rotatable bonds is 1. The minimum absolute atomic E-state index is 0.688. The van der Waals surface area contributed by atoms with Crippen molar-refractivity contribution in [3.05, 3.63) is 0 Å². The maximum absolute atomic E-state index is 5.39. The Hall–Kier alpha value is -0.0400. The maximum Gasteiger partial charge on any atom is 0.0840 e. The van der Waals surface area contributed by atoms with Crippen LogP contribution in [0.2, 0.25) is 0 Å². The summed E-state index contributed by atoms with van der Waals surface area (Å²) in [5.74, 6) is 4.07. The van der Waals surface area contributed by atoms with Gasteiger partial charge >= 0.3 is 0 Å². The Balaban J connectivity index is 1.78. The average molecular weight is 152 g/mol. The van der Waals surface area contributed by atoms with Gasteiger partial charge in [-0.2, -0.15) is 0 Å².